The van der Waals surface area contributed by atoms with Crippen molar-refractivity contribution in [3.63, 3.8) is 0 Å². The quantitative estimate of drug-likeness (QED) is 0.751. The van der Waals surface area contributed by atoms with Gasteiger partial charge in [-0.2, -0.15) is 0 Å². The van der Waals surface area contributed by atoms with Gasteiger partial charge in [0, 0.05) is 18.0 Å². The highest BCUT2D eigenvalue weighted by molar-refractivity contribution is 7.09. The monoisotopic (exact) mass is 369 g/mol. The molecule has 1 fully saturated rings. The highest BCUT2D eigenvalue weighted by atomic mass is 35.5. The normalized spacial score (nSPS) is 17.4. The van der Waals surface area contributed by atoms with Gasteiger partial charge in [0.25, 0.3) is 5.91 Å². The van der Waals surface area contributed by atoms with Crippen LogP contribution in [0.3, 0.4) is 0 Å². The first-order chi connectivity index (χ1) is 11.1. The minimum absolute atomic E-state index is 0.0943. The van der Waals surface area contributed by atoms with E-state index in [9.17, 15) is 4.79 Å². The van der Waals surface area contributed by atoms with E-state index in [0.29, 0.717) is 28.7 Å². The van der Waals surface area contributed by atoms with Crippen LogP contribution < -0.4 is 0 Å². The first-order valence-electron chi connectivity index (χ1n) is 7.52. The highest BCUT2D eigenvalue weighted by Gasteiger charge is 2.25. The van der Waals surface area contributed by atoms with Crippen LogP contribution in [0.4, 0.5) is 0 Å². The maximum absolute atomic E-state index is 13.0. The summed E-state index contributed by atoms with van der Waals surface area (Å²) in [7, 11) is 0. The Morgan fingerprint density at radius 2 is 2.17 bits per heavy atom. The SMILES string of the molecule is O=C(c1cccc(Cl)c1Cl)N(Cc1cccs1)CC1CCCO1. The zero-order valence-corrected chi connectivity index (χ0v) is 14.8. The van der Waals surface area contributed by atoms with Crippen LogP contribution in [0.25, 0.3) is 0 Å². The summed E-state index contributed by atoms with van der Waals surface area (Å²) in [6.45, 7) is 1.89. The lowest BCUT2D eigenvalue weighted by molar-refractivity contribution is 0.0510. The summed E-state index contributed by atoms with van der Waals surface area (Å²) >= 11 is 13.9. The molecule has 0 N–H and O–H groups in total. The van der Waals surface area contributed by atoms with E-state index < -0.39 is 0 Å². The molecule has 1 amide bonds. The topological polar surface area (TPSA) is 29.5 Å². The van der Waals surface area contributed by atoms with Crippen LogP contribution in [-0.4, -0.2) is 30.1 Å². The molecule has 1 atom stereocenters. The maximum atomic E-state index is 13.0. The van der Waals surface area contributed by atoms with Gasteiger partial charge < -0.3 is 9.64 Å². The lowest BCUT2D eigenvalue weighted by Gasteiger charge is -2.25. The molecule has 1 aliphatic heterocycles. The summed E-state index contributed by atoms with van der Waals surface area (Å²) in [5, 5.41) is 2.71. The molecule has 2 aromatic rings. The van der Waals surface area contributed by atoms with Crippen LogP contribution in [0.15, 0.2) is 35.7 Å². The number of rotatable bonds is 5. The Morgan fingerprint density at radius 1 is 1.30 bits per heavy atom. The number of carbonyl (C=O) groups excluding carboxylic acids is 1. The minimum atomic E-state index is -0.110. The summed E-state index contributed by atoms with van der Waals surface area (Å²) in [6, 6.07) is 9.16. The number of ether oxygens (including phenoxy) is 1. The van der Waals surface area contributed by atoms with Crippen molar-refractivity contribution in [1.82, 2.24) is 4.90 Å². The average Bonchev–Trinajstić information content (AvgIpc) is 3.22. The number of halogens is 2. The summed E-state index contributed by atoms with van der Waals surface area (Å²) in [6.07, 6.45) is 2.12. The predicted octanol–water partition coefficient (Wildman–Crippen LogP) is 4.88. The van der Waals surface area contributed by atoms with Crippen molar-refractivity contribution >= 4 is 40.4 Å². The Hall–Kier alpha value is -1.07. The number of amides is 1. The Balaban J connectivity index is 1.83. The third-order valence-corrected chi connectivity index (χ3v) is 5.52. The van der Waals surface area contributed by atoms with Crippen LogP contribution in [-0.2, 0) is 11.3 Å². The van der Waals surface area contributed by atoms with Gasteiger partial charge in [0.2, 0.25) is 0 Å². The molecule has 1 aliphatic rings. The van der Waals surface area contributed by atoms with Crippen molar-refractivity contribution in [2.75, 3.05) is 13.2 Å². The number of thiophene rings is 1. The van der Waals surface area contributed by atoms with Crippen LogP contribution in [0.2, 0.25) is 10.0 Å². The lowest BCUT2D eigenvalue weighted by atomic mass is 10.1. The molecule has 1 aromatic heterocycles. The number of benzene rings is 1. The molecule has 3 nitrogen and oxygen atoms in total. The smallest absolute Gasteiger partial charge is 0.255 e. The Labute approximate surface area is 149 Å². The second-order valence-electron chi connectivity index (χ2n) is 5.50. The third-order valence-electron chi connectivity index (χ3n) is 3.84. The van der Waals surface area contributed by atoms with E-state index in [1.165, 1.54) is 0 Å². The fourth-order valence-electron chi connectivity index (χ4n) is 2.68. The summed E-state index contributed by atoms with van der Waals surface area (Å²) in [5.74, 6) is -0.110. The molecule has 1 unspecified atom stereocenters. The van der Waals surface area contributed by atoms with Crippen LogP contribution in [0, 0.1) is 0 Å². The van der Waals surface area contributed by atoms with E-state index in [1.54, 1.807) is 34.4 Å². The average molecular weight is 370 g/mol. The molecule has 0 spiro atoms. The molecule has 122 valence electrons. The van der Waals surface area contributed by atoms with E-state index >= 15 is 0 Å². The number of hydrogen-bond donors (Lipinski definition) is 0. The lowest BCUT2D eigenvalue weighted by Crippen LogP contribution is -2.36. The van der Waals surface area contributed by atoms with Gasteiger partial charge in [0.1, 0.15) is 0 Å². The summed E-state index contributed by atoms with van der Waals surface area (Å²) in [5.41, 5.74) is 0.439. The number of nitrogens with zero attached hydrogens (tertiary/aromatic N) is 1. The first kappa shape index (κ1) is 16.8. The molecule has 0 bridgehead atoms. The molecule has 0 aliphatic carbocycles. The largest absolute Gasteiger partial charge is 0.376 e. The van der Waals surface area contributed by atoms with Gasteiger partial charge in [-0.05, 0) is 36.4 Å². The number of hydrogen-bond acceptors (Lipinski definition) is 3. The Bertz CT molecular complexity index is 669. The van der Waals surface area contributed by atoms with Crippen LogP contribution in [0.1, 0.15) is 28.1 Å². The highest BCUT2D eigenvalue weighted by Crippen LogP contribution is 2.28. The zero-order chi connectivity index (χ0) is 16.2. The fraction of sp³-hybridized carbons (Fsp3) is 0.353. The van der Waals surface area contributed by atoms with Crippen molar-refractivity contribution in [2.24, 2.45) is 0 Å². The Kier molecular flexibility index (Phi) is 5.59. The van der Waals surface area contributed by atoms with Crippen LogP contribution in [0.5, 0.6) is 0 Å². The van der Waals surface area contributed by atoms with E-state index in [1.807, 2.05) is 17.5 Å². The van der Waals surface area contributed by atoms with Crippen molar-refractivity contribution in [3.05, 3.63) is 56.2 Å². The molecular weight excluding hydrogens is 353 g/mol. The second kappa shape index (κ2) is 7.67. The minimum Gasteiger partial charge on any atom is -0.376 e. The van der Waals surface area contributed by atoms with Crippen molar-refractivity contribution in [2.45, 2.75) is 25.5 Å². The van der Waals surface area contributed by atoms with E-state index in [4.69, 9.17) is 27.9 Å². The van der Waals surface area contributed by atoms with E-state index in [0.717, 1.165) is 24.3 Å². The fourth-order valence-corrected chi connectivity index (χ4v) is 3.78. The third kappa shape index (κ3) is 4.07. The first-order valence-corrected chi connectivity index (χ1v) is 9.16. The van der Waals surface area contributed by atoms with Gasteiger partial charge in [-0.15, -0.1) is 11.3 Å². The second-order valence-corrected chi connectivity index (χ2v) is 7.32. The van der Waals surface area contributed by atoms with Crippen molar-refractivity contribution < 1.29 is 9.53 Å². The zero-order valence-electron chi connectivity index (χ0n) is 12.5. The van der Waals surface area contributed by atoms with E-state index in [2.05, 4.69) is 0 Å². The molecule has 0 radical (unpaired) electrons. The van der Waals surface area contributed by atoms with Gasteiger partial charge in [-0.25, -0.2) is 0 Å². The summed E-state index contributed by atoms with van der Waals surface area (Å²) < 4.78 is 5.69. The molecular formula is C17H17Cl2NO2S. The van der Waals surface area contributed by atoms with Gasteiger partial charge in [0.15, 0.2) is 0 Å². The molecule has 6 heteroatoms. The summed E-state index contributed by atoms with van der Waals surface area (Å²) in [4.78, 5) is 15.9. The number of carbonyl (C=O) groups is 1. The van der Waals surface area contributed by atoms with Gasteiger partial charge in [0.05, 0.1) is 28.3 Å². The molecule has 2 heterocycles. The van der Waals surface area contributed by atoms with Crippen molar-refractivity contribution in [1.29, 1.82) is 0 Å². The van der Waals surface area contributed by atoms with Gasteiger partial charge in [-0.1, -0.05) is 35.3 Å². The molecule has 23 heavy (non-hydrogen) atoms. The molecule has 0 saturated carbocycles. The van der Waals surface area contributed by atoms with Crippen molar-refractivity contribution in [3.8, 4) is 0 Å². The standard InChI is InChI=1S/C17H17Cl2NO2S/c18-15-7-1-6-14(16(15)19)17(21)20(10-12-4-2-8-22-12)11-13-5-3-9-23-13/h1,3,5-7,9,12H,2,4,8,10-11H2. The van der Waals surface area contributed by atoms with Gasteiger partial charge in [-0.3, -0.25) is 4.79 Å². The van der Waals surface area contributed by atoms with Crippen LogP contribution >= 0.6 is 34.5 Å². The van der Waals surface area contributed by atoms with E-state index in [-0.39, 0.29) is 12.0 Å². The molecule has 1 saturated heterocycles. The predicted molar refractivity (Wildman–Crippen MR) is 94.5 cm³/mol. The molecule has 1 aromatic carbocycles. The molecule has 3 rings (SSSR count). The van der Waals surface area contributed by atoms with Gasteiger partial charge >= 0.3 is 0 Å². The Morgan fingerprint density at radius 3 is 2.87 bits per heavy atom. The maximum Gasteiger partial charge on any atom is 0.255 e.